The molecule has 0 radical (unpaired) electrons. The quantitative estimate of drug-likeness (QED) is 0.797. The van der Waals surface area contributed by atoms with E-state index in [1.165, 1.54) is 11.3 Å². The Morgan fingerprint density at radius 2 is 2.30 bits per heavy atom. The Morgan fingerprint density at radius 3 is 2.95 bits per heavy atom. The smallest absolute Gasteiger partial charge is 0.162 e. The zero-order valence-electron chi connectivity index (χ0n) is 11.1. The fraction of sp³-hybridized carbons (Fsp3) is 0.308. The molecule has 0 saturated carbocycles. The van der Waals surface area contributed by atoms with Crippen LogP contribution in [-0.2, 0) is 12.1 Å². The molecule has 0 aromatic carbocycles. The largest absolute Gasteiger partial charge is 0.462 e. The Kier molecular flexibility index (Phi) is 3.15. The second kappa shape index (κ2) is 4.84. The van der Waals surface area contributed by atoms with Crippen LogP contribution in [0.2, 0.25) is 0 Å². The second-order valence-electron chi connectivity index (χ2n) is 4.98. The third-order valence-electron chi connectivity index (χ3n) is 2.77. The first-order valence-corrected chi connectivity index (χ1v) is 7.01. The second-order valence-corrected chi connectivity index (χ2v) is 5.84. The summed E-state index contributed by atoms with van der Waals surface area (Å²) in [5, 5.41) is 20.6. The van der Waals surface area contributed by atoms with Gasteiger partial charge < -0.3 is 9.52 Å². The molecule has 7 heteroatoms. The predicted molar refractivity (Wildman–Crippen MR) is 74.2 cm³/mol. The normalized spacial score (nSPS) is 11.9. The van der Waals surface area contributed by atoms with Gasteiger partial charge in [0.05, 0.1) is 24.7 Å². The van der Waals surface area contributed by atoms with Crippen molar-refractivity contribution in [1.29, 1.82) is 0 Å². The Hall–Kier alpha value is -1.99. The summed E-state index contributed by atoms with van der Waals surface area (Å²) in [6.07, 6.45) is 3.36. The number of thiazole rings is 1. The highest BCUT2D eigenvalue weighted by molar-refractivity contribution is 7.13. The zero-order valence-corrected chi connectivity index (χ0v) is 12.0. The third-order valence-corrected chi connectivity index (χ3v) is 3.68. The lowest BCUT2D eigenvalue weighted by molar-refractivity contribution is 0.0737. The van der Waals surface area contributed by atoms with Gasteiger partial charge in [0.2, 0.25) is 0 Å². The minimum atomic E-state index is -0.986. The fourth-order valence-corrected chi connectivity index (χ4v) is 2.49. The van der Waals surface area contributed by atoms with Gasteiger partial charge >= 0.3 is 0 Å². The van der Waals surface area contributed by atoms with Gasteiger partial charge in [0.1, 0.15) is 11.3 Å². The van der Waals surface area contributed by atoms with E-state index in [0.29, 0.717) is 12.2 Å². The molecule has 6 nitrogen and oxygen atoms in total. The van der Waals surface area contributed by atoms with Crippen molar-refractivity contribution >= 4 is 11.3 Å². The van der Waals surface area contributed by atoms with Crippen LogP contribution in [0.15, 0.2) is 34.4 Å². The summed E-state index contributed by atoms with van der Waals surface area (Å²) in [5.41, 5.74) is 0.437. The van der Waals surface area contributed by atoms with Gasteiger partial charge in [-0.1, -0.05) is 5.21 Å². The minimum absolute atomic E-state index is 0.514. The maximum absolute atomic E-state index is 9.86. The van der Waals surface area contributed by atoms with E-state index in [-0.39, 0.29) is 0 Å². The molecular weight excluding hydrogens is 276 g/mol. The van der Waals surface area contributed by atoms with Crippen molar-refractivity contribution in [3.05, 3.63) is 41.4 Å². The Balaban J connectivity index is 1.77. The van der Waals surface area contributed by atoms with Crippen molar-refractivity contribution in [3.63, 3.8) is 0 Å². The number of hydrogen-bond acceptors (Lipinski definition) is 6. The third kappa shape index (κ3) is 2.63. The van der Waals surface area contributed by atoms with Gasteiger partial charge in [-0.2, -0.15) is 0 Å². The van der Waals surface area contributed by atoms with Crippen LogP contribution < -0.4 is 0 Å². The topological polar surface area (TPSA) is 77.0 Å². The summed E-state index contributed by atoms with van der Waals surface area (Å²) in [7, 11) is 0. The maximum Gasteiger partial charge on any atom is 0.162 e. The minimum Gasteiger partial charge on any atom is -0.462 e. The molecular formula is C13H14N4O2S. The highest BCUT2D eigenvalue weighted by Crippen LogP contribution is 2.24. The van der Waals surface area contributed by atoms with Gasteiger partial charge in [-0.15, -0.1) is 16.4 Å². The summed E-state index contributed by atoms with van der Waals surface area (Å²) in [6.45, 7) is 3.87. The van der Waals surface area contributed by atoms with Gasteiger partial charge in [-0.3, -0.25) is 0 Å². The Labute approximate surface area is 119 Å². The molecule has 3 rings (SSSR count). The molecule has 3 aromatic heterocycles. The van der Waals surface area contributed by atoms with Crippen LogP contribution in [0.3, 0.4) is 0 Å². The van der Waals surface area contributed by atoms with Gasteiger partial charge in [0.15, 0.2) is 10.8 Å². The highest BCUT2D eigenvalue weighted by atomic mass is 32.1. The molecule has 3 heterocycles. The zero-order chi connectivity index (χ0) is 14.2. The summed E-state index contributed by atoms with van der Waals surface area (Å²) < 4.78 is 6.97. The number of furan rings is 1. The van der Waals surface area contributed by atoms with E-state index in [4.69, 9.17) is 4.42 Å². The molecule has 0 bridgehead atoms. The lowest BCUT2D eigenvalue weighted by atomic mass is 10.1. The Morgan fingerprint density at radius 1 is 1.45 bits per heavy atom. The van der Waals surface area contributed by atoms with Crippen molar-refractivity contribution in [2.45, 2.75) is 26.0 Å². The molecule has 20 heavy (non-hydrogen) atoms. The van der Waals surface area contributed by atoms with E-state index >= 15 is 0 Å². The number of nitrogens with zero attached hydrogens (tertiary/aromatic N) is 4. The number of aromatic nitrogens is 4. The molecule has 3 aromatic rings. The Bertz CT molecular complexity index is 694. The van der Waals surface area contributed by atoms with Crippen LogP contribution in [0.5, 0.6) is 0 Å². The first-order chi connectivity index (χ1) is 9.52. The van der Waals surface area contributed by atoms with Crippen molar-refractivity contribution in [3.8, 4) is 10.8 Å². The van der Waals surface area contributed by atoms with E-state index in [2.05, 4.69) is 15.3 Å². The monoisotopic (exact) mass is 290 g/mol. The summed E-state index contributed by atoms with van der Waals surface area (Å²) in [6, 6.07) is 3.72. The van der Waals surface area contributed by atoms with Gasteiger partial charge in [-0.05, 0) is 26.0 Å². The standard InChI is InChI=1S/C13H14N4O2S/c1-13(2,18)11-7-17(16-15-11)6-9-8-20-12(14-9)10-4-3-5-19-10/h3-5,7-8,18H,6H2,1-2H3. The fourth-order valence-electron chi connectivity index (χ4n) is 1.72. The highest BCUT2D eigenvalue weighted by Gasteiger charge is 2.20. The van der Waals surface area contributed by atoms with Crippen LogP contribution in [0.25, 0.3) is 10.8 Å². The molecule has 0 aliphatic heterocycles. The average Bonchev–Trinajstić information content (AvgIpc) is 3.08. The average molecular weight is 290 g/mol. The molecule has 0 fully saturated rings. The van der Waals surface area contributed by atoms with Crippen LogP contribution in [-0.4, -0.2) is 25.1 Å². The molecule has 1 N–H and O–H groups in total. The van der Waals surface area contributed by atoms with Crippen LogP contribution in [0, 0.1) is 0 Å². The molecule has 104 valence electrons. The molecule has 0 atom stereocenters. The van der Waals surface area contributed by atoms with E-state index in [1.54, 1.807) is 31.0 Å². The number of rotatable bonds is 4. The summed E-state index contributed by atoms with van der Waals surface area (Å²) in [5.74, 6) is 0.761. The SMILES string of the molecule is CC(C)(O)c1cn(Cc2csc(-c3ccco3)n2)nn1. The summed E-state index contributed by atoms with van der Waals surface area (Å²) >= 11 is 1.52. The first kappa shape index (κ1) is 13.0. The van der Waals surface area contributed by atoms with Crippen LogP contribution >= 0.6 is 11.3 Å². The van der Waals surface area contributed by atoms with Crippen molar-refractivity contribution in [2.24, 2.45) is 0 Å². The number of aliphatic hydroxyl groups is 1. The predicted octanol–water partition coefficient (Wildman–Crippen LogP) is 2.27. The molecule has 0 amide bonds. The van der Waals surface area contributed by atoms with Crippen LogP contribution in [0.1, 0.15) is 25.2 Å². The van der Waals surface area contributed by atoms with Gasteiger partial charge in [0, 0.05) is 5.38 Å². The van der Waals surface area contributed by atoms with Gasteiger partial charge in [0.25, 0.3) is 0 Å². The van der Waals surface area contributed by atoms with Crippen molar-refractivity contribution in [1.82, 2.24) is 20.0 Å². The lowest BCUT2D eigenvalue weighted by Gasteiger charge is -2.11. The first-order valence-electron chi connectivity index (χ1n) is 6.13. The molecule has 0 unspecified atom stereocenters. The molecule has 0 aliphatic rings. The molecule has 0 saturated heterocycles. The van der Waals surface area contributed by atoms with Gasteiger partial charge in [-0.25, -0.2) is 9.67 Å². The van der Waals surface area contributed by atoms with E-state index in [1.807, 2.05) is 17.5 Å². The lowest BCUT2D eigenvalue weighted by Crippen LogP contribution is -2.15. The number of hydrogen-bond donors (Lipinski definition) is 1. The summed E-state index contributed by atoms with van der Waals surface area (Å²) in [4.78, 5) is 4.49. The van der Waals surface area contributed by atoms with Crippen molar-refractivity contribution < 1.29 is 9.52 Å². The molecule has 0 spiro atoms. The van der Waals surface area contributed by atoms with E-state index < -0.39 is 5.60 Å². The van der Waals surface area contributed by atoms with Crippen LogP contribution in [0.4, 0.5) is 0 Å². The molecule has 0 aliphatic carbocycles. The van der Waals surface area contributed by atoms with E-state index in [9.17, 15) is 5.11 Å². The maximum atomic E-state index is 9.86. The van der Waals surface area contributed by atoms with Crippen molar-refractivity contribution in [2.75, 3.05) is 0 Å². The van der Waals surface area contributed by atoms with E-state index in [0.717, 1.165) is 16.5 Å².